The minimum Gasteiger partial charge on any atom is -0.390 e. The number of rotatable bonds is 5. The largest absolute Gasteiger partial charge is 0.390 e. The van der Waals surface area contributed by atoms with Gasteiger partial charge in [-0.15, -0.1) is 0 Å². The Morgan fingerprint density at radius 3 is 2.62 bits per heavy atom. The average molecular weight is 254 g/mol. The predicted octanol–water partition coefficient (Wildman–Crippen LogP) is 1.10. The van der Waals surface area contributed by atoms with Gasteiger partial charge in [0, 0.05) is 13.6 Å². The Morgan fingerprint density at radius 2 is 2.19 bits per heavy atom. The molecule has 0 aliphatic rings. The van der Waals surface area contributed by atoms with Crippen LogP contribution in [0.5, 0.6) is 0 Å². The third-order valence-corrected chi connectivity index (χ3v) is 2.66. The van der Waals surface area contributed by atoms with Crippen molar-refractivity contribution in [3.05, 3.63) is 16.4 Å². The van der Waals surface area contributed by atoms with E-state index in [4.69, 9.17) is 16.7 Å². The number of alkyl halides is 2. The summed E-state index contributed by atoms with van der Waals surface area (Å²) in [7, 11) is 1.69. The van der Waals surface area contributed by atoms with Crippen LogP contribution in [0.1, 0.15) is 11.4 Å². The van der Waals surface area contributed by atoms with Crippen LogP contribution in [-0.4, -0.2) is 34.0 Å². The van der Waals surface area contributed by atoms with Crippen LogP contribution in [0.4, 0.5) is 8.78 Å². The van der Waals surface area contributed by atoms with Crippen LogP contribution in [0.3, 0.4) is 0 Å². The van der Waals surface area contributed by atoms with Crippen LogP contribution in [0.15, 0.2) is 0 Å². The molecule has 7 heteroatoms. The lowest BCUT2D eigenvalue weighted by Crippen LogP contribution is -2.35. The molecular formula is C9H14ClF2N3O. The first-order valence-corrected chi connectivity index (χ1v) is 5.12. The molecule has 1 rings (SSSR count). The number of aliphatic hydroxyl groups excluding tert-OH is 1. The van der Waals surface area contributed by atoms with Gasteiger partial charge in [-0.1, -0.05) is 11.6 Å². The highest BCUT2D eigenvalue weighted by atomic mass is 35.5. The molecule has 2 N–H and O–H groups in total. The van der Waals surface area contributed by atoms with Crippen molar-refractivity contribution >= 4 is 11.6 Å². The molecule has 0 saturated heterocycles. The highest BCUT2D eigenvalue weighted by molar-refractivity contribution is 6.31. The minimum atomic E-state index is -3.11. The zero-order valence-electron chi connectivity index (χ0n) is 9.10. The topological polar surface area (TPSA) is 50.1 Å². The summed E-state index contributed by atoms with van der Waals surface area (Å²) in [4.78, 5) is 0. The molecule has 0 fully saturated rings. The molecule has 1 heterocycles. The average Bonchev–Trinajstić information content (AvgIpc) is 2.44. The Morgan fingerprint density at radius 1 is 1.56 bits per heavy atom. The molecular weight excluding hydrogens is 240 g/mol. The fourth-order valence-corrected chi connectivity index (χ4v) is 1.52. The lowest BCUT2D eigenvalue weighted by atomic mass is 10.3. The van der Waals surface area contributed by atoms with E-state index in [-0.39, 0.29) is 6.54 Å². The molecule has 0 aliphatic heterocycles. The van der Waals surface area contributed by atoms with Crippen LogP contribution in [-0.2, 0) is 13.6 Å². The van der Waals surface area contributed by atoms with Crippen molar-refractivity contribution in [1.29, 1.82) is 0 Å². The second kappa shape index (κ2) is 5.07. The minimum absolute atomic E-state index is 0.186. The second-order valence-electron chi connectivity index (χ2n) is 3.59. The maximum atomic E-state index is 12.7. The van der Waals surface area contributed by atoms with E-state index in [1.807, 2.05) is 0 Å². The van der Waals surface area contributed by atoms with Gasteiger partial charge in [0.1, 0.15) is 6.61 Å². The smallest absolute Gasteiger partial charge is 0.282 e. The molecule has 0 aromatic carbocycles. The first-order valence-electron chi connectivity index (χ1n) is 4.75. The van der Waals surface area contributed by atoms with Crippen LogP contribution < -0.4 is 5.32 Å². The molecule has 0 atom stereocenters. The van der Waals surface area contributed by atoms with Crippen LogP contribution in [0.2, 0.25) is 5.02 Å². The van der Waals surface area contributed by atoms with Gasteiger partial charge in [-0.2, -0.15) is 5.10 Å². The summed E-state index contributed by atoms with van der Waals surface area (Å²) in [6, 6.07) is 0. The molecule has 1 aromatic heterocycles. The van der Waals surface area contributed by atoms with E-state index in [1.165, 1.54) is 0 Å². The van der Waals surface area contributed by atoms with Gasteiger partial charge >= 0.3 is 0 Å². The number of halogens is 3. The molecule has 4 nitrogen and oxygen atoms in total. The Bertz CT molecular complexity index is 368. The highest BCUT2D eigenvalue weighted by Gasteiger charge is 2.27. The zero-order chi connectivity index (χ0) is 12.3. The first kappa shape index (κ1) is 13.3. The Balaban J connectivity index is 2.55. The lowest BCUT2D eigenvalue weighted by Gasteiger charge is -2.14. The van der Waals surface area contributed by atoms with Gasteiger partial charge in [-0.05, 0) is 6.92 Å². The summed E-state index contributed by atoms with van der Waals surface area (Å²) >= 11 is 5.94. The summed E-state index contributed by atoms with van der Waals surface area (Å²) in [5.74, 6) is -3.11. The maximum Gasteiger partial charge on any atom is 0.282 e. The normalized spacial score (nSPS) is 12.1. The van der Waals surface area contributed by atoms with Crippen molar-refractivity contribution in [1.82, 2.24) is 15.1 Å². The van der Waals surface area contributed by atoms with Crippen LogP contribution in [0, 0.1) is 6.92 Å². The number of aliphatic hydroxyl groups is 1. The van der Waals surface area contributed by atoms with Gasteiger partial charge in [0.15, 0.2) is 0 Å². The van der Waals surface area contributed by atoms with Gasteiger partial charge in [0.2, 0.25) is 0 Å². The van der Waals surface area contributed by atoms with E-state index < -0.39 is 19.1 Å². The molecule has 0 radical (unpaired) electrons. The molecule has 0 amide bonds. The molecule has 16 heavy (non-hydrogen) atoms. The standard InChI is InChI=1S/C9H14ClF2N3O/c1-6-8(10)7(15(2)14-6)3-13-4-9(11,12)5-16/h13,16H,3-5H2,1-2H3. The SMILES string of the molecule is Cc1nn(C)c(CNCC(F)(F)CO)c1Cl. The molecule has 0 aliphatic carbocycles. The lowest BCUT2D eigenvalue weighted by molar-refractivity contribution is -0.0478. The monoisotopic (exact) mass is 253 g/mol. The Labute approximate surface area is 97.2 Å². The van der Waals surface area contributed by atoms with E-state index in [9.17, 15) is 8.78 Å². The number of nitrogens with zero attached hydrogens (tertiary/aromatic N) is 2. The van der Waals surface area contributed by atoms with E-state index >= 15 is 0 Å². The summed E-state index contributed by atoms with van der Waals surface area (Å²) in [6.07, 6.45) is 0. The first-order chi connectivity index (χ1) is 7.37. The van der Waals surface area contributed by atoms with Gasteiger partial charge in [-0.25, -0.2) is 8.78 Å². The molecule has 0 bridgehead atoms. The Hall–Kier alpha value is -0.720. The molecule has 0 unspecified atom stereocenters. The summed E-state index contributed by atoms with van der Waals surface area (Å²) in [6.45, 7) is 0.169. The van der Waals surface area contributed by atoms with Crippen molar-refractivity contribution in [2.24, 2.45) is 7.05 Å². The number of nitrogens with one attached hydrogen (secondary N) is 1. The number of hydrogen-bond donors (Lipinski definition) is 2. The fraction of sp³-hybridized carbons (Fsp3) is 0.667. The maximum absolute atomic E-state index is 12.7. The molecule has 92 valence electrons. The summed E-state index contributed by atoms with van der Waals surface area (Å²) in [5, 5.41) is 15.4. The van der Waals surface area contributed by atoms with Gasteiger partial charge in [0.25, 0.3) is 5.92 Å². The van der Waals surface area contributed by atoms with Crippen molar-refractivity contribution in [2.75, 3.05) is 13.2 Å². The summed E-state index contributed by atoms with van der Waals surface area (Å²) in [5.41, 5.74) is 1.31. The zero-order valence-corrected chi connectivity index (χ0v) is 9.85. The van der Waals surface area contributed by atoms with Crippen LogP contribution in [0.25, 0.3) is 0 Å². The molecule has 0 saturated carbocycles. The Kier molecular flexibility index (Phi) is 4.23. The van der Waals surface area contributed by atoms with Crippen molar-refractivity contribution < 1.29 is 13.9 Å². The third kappa shape index (κ3) is 3.13. The van der Waals surface area contributed by atoms with Crippen molar-refractivity contribution in [3.8, 4) is 0 Å². The number of hydrogen-bond acceptors (Lipinski definition) is 3. The highest BCUT2D eigenvalue weighted by Crippen LogP contribution is 2.19. The van der Waals surface area contributed by atoms with Crippen LogP contribution >= 0.6 is 11.6 Å². The van der Waals surface area contributed by atoms with Gasteiger partial charge < -0.3 is 10.4 Å². The van der Waals surface area contributed by atoms with Gasteiger partial charge in [-0.3, -0.25) is 4.68 Å². The number of aromatic nitrogens is 2. The predicted molar refractivity (Wildman–Crippen MR) is 56.7 cm³/mol. The van der Waals surface area contributed by atoms with E-state index in [0.29, 0.717) is 16.4 Å². The third-order valence-electron chi connectivity index (χ3n) is 2.17. The fourth-order valence-electron chi connectivity index (χ4n) is 1.29. The van der Waals surface area contributed by atoms with Crippen molar-refractivity contribution in [2.45, 2.75) is 19.4 Å². The second-order valence-corrected chi connectivity index (χ2v) is 3.97. The number of aryl methyl sites for hydroxylation is 2. The summed E-state index contributed by atoms with van der Waals surface area (Å²) < 4.78 is 26.9. The molecule has 0 spiro atoms. The van der Waals surface area contributed by atoms with E-state index in [0.717, 1.165) is 0 Å². The quantitative estimate of drug-likeness (QED) is 0.826. The van der Waals surface area contributed by atoms with E-state index in [2.05, 4.69) is 10.4 Å². The van der Waals surface area contributed by atoms with Crippen molar-refractivity contribution in [3.63, 3.8) is 0 Å². The van der Waals surface area contributed by atoms with E-state index in [1.54, 1.807) is 18.7 Å². The van der Waals surface area contributed by atoms with Gasteiger partial charge in [0.05, 0.1) is 23.0 Å². The molecule has 1 aromatic rings.